The summed E-state index contributed by atoms with van der Waals surface area (Å²) in [6.45, 7) is 5.94. The van der Waals surface area contributed by atoms with Crippen molar-refractivity contribution in [3.8, 4) is 0 Å². The lowest BCUT2D eigenvalue weighted by atomic mass is 9.76. The lowest BCUT2D eigenvalue weighted by Crippen LogP contribution is -2.31. The SMILES string of the molecule is CC/C=C(\C(N)CCOCCCCc1ccc(CC)c(NC)n1)C1CCC1. The van der Waals surface area contributed by atoms with Gasteiger partial charge in [-0.25, -0.2) is 4.98 Å². The fourth-order valence-corrected chi connectivity index (χ4v) is 3.76. The highest BCUT2D eigenvalue weighted by molar-refractivity contribution is 5.44. The van der Waals surface area contributed by atoms with Gasteiger partial charge in [0.25, 0.3) is 0 Å². The van der Waals surface area contributed by atoms with Gasteiger partial charge >= 0.3 is 0 Å². The molecule has 3 N–H and O–H groups in total. The Morgan fingerprint density at radius 2 is 2.11 bits per heavy atom. The number of nitrogens with two attached hydrogens (primary N) is 1. The van der Waals surface area contributed by atoms with Crippen LogP contribution in [0.2, 0.25) is 0 Å². The number of hydrogen-bond acceptors (Lipinski definition) is 4. The molecular weight excluding hydrogens is 334 g/mol. The van der Waals surface area contributed by atoms with E-state index in [1.165, 1.54) is 30.4 Å². The van der Waals surface area contributed by atoms with Crippen molar-refractivity contribution in [1.29, 1.82) is 0 Å². The summed E-state index contributed by atoms with van der Waals surface area (Å²) >= 11 is 0. The molecule has 1 aromatic heterocycles. The van der Waals surface area contributed by atoms with Gasteiger partial charge in [0.1, 0.15) is 5.82 Å². The van der Waals surface area contributed by atoms with E-state index in [0.29, 0.717) is 0 Å². The number of nitrogens with zero attached hydrogens (tertiary/aromatic N) is 1. The molecule has 0 aliphatic heterocycles. The first kappa shape index (κ1) is 21.9. The molecule has 2 rings (SSSR count). The normalized spacial score (nSPS) is 16.2. The molecule has 1 fully saturated rings. The van der Waals surface area contributed by atoms with E-state index >= 15 is 0 Å². The van der Waals surface area contributed by atoms with E-state index < -0.39 is 0 Å². The molecule has 152 valence electrons. The number of anilines is 1. The van der Waals surface area contributed by atoms with Crippen LogP contribution >= 0.6 is 0 Å². The first-order valence-electron chi connectivity index (χ1n) is 10.9. The van der Waals surface area contributed by atoms with Gasteiger partial charge in [0.15, 0.2) is 0 Å². The molecule has 0 radical (unpaired) electrons. The van der Waals surface area contributed by atoms with Crippen molar-refractivity contribution in [2.24, 2.45) is 11.7 Å². The zero-order valence-corrected chi connectivity index (χ0v) is 17.6. The highest BCUT2D eigenvalue weighted by Gasteiger charge is 2.25. The maximum absolute atomic E-state index is 6.42. The summed E-state index contributed by atoms with van der Waals surface area (Å²) in [5.74, 6) is 1.76. The molecule has 1 aliphatic rings. The molecule has 1 heterocycles. The molecule has 1 saturated carbocycles. The van der Waals surface area contributed by atoms with Crippen molar-refractivity contribution in [2.45, 2.75) is 77.7 Å². The van der Waals surface area contributed by atoms with E-state index in [0.717, 1.165) is 69.2 Å². The topological polar surface area (TPSA) is 60.2 Å². The molecule has 1 atom stereocenters. The van der Waals surface area contributed by atoms with Crippen LogP contribution in [0.4, 0.5) is 5.82 Å². The summed E-state index contributed by atoms with van der Waals surface area (Å²) < 4.78 is 5.84. The number of ether oxygens (including phenoxy) is 1. The molecule has 1 unspecified atom stereocenters. The van der Waals surface area contributed by atoms with E-state index in [-0.39, 0.29) is 6.04 Å². The summed E-state index contributed by atoms with van der Waals surface area (Å²) in [6.07, 6.45) is 12.6. The smallest absolute Gasteiger partial charge is 0.129 e. The minimum atomic E-state index is 0.177. The Hall–Kier alpha value is -1.39. The minimum absolute atomic E-state index is 0.177. The molecule has 0 bridgehead atoms. The van der Waals surface area contributed by atoms with Gasteiger partial charge in [-0.05, 0) is 68.9 Å². The third kappa shape index (κ3) is 6.93. The van der Waals surface area contributed by atoms with Gasteiger partial charge in [-0.2, -0.15) is 0 Å². The predicted octanol–water partition coefficient (Wildman–Crippen LogP) is 4.88. The zero-order valence-electron chi connectivity index (χ0n) is 17.6. The first-order chi connectivity index (χ1) is 13.2. The number of allylic oxidation sites excluding steroid dienone is 1. The third-order valence-corrected chi connectivity index (χ3v) is 5.64. The van der Waals surface area contributed by atoms with Crippen LogP contribution in [0.15, 0.2) is 23.8 Å². The Morgan fingerprint density at radius 3 is 2.74 bits per heavy atom. The van der Waals surface area contributed by atoms with Crippen LogP contribution in [-0.2, 0) is 17.6 Å². The number of pyridine rings is 1. The predicted molar refractivity (Wildman–Crippen MR) is 115 cm³/mol. The lowest BCUT2D eigenvalue weighted by Gasteiger charge is -2.32. The maximum Gasteiger partial charge on any atom is 0.129 e. The van der Waals surface area contributed by atoms with Gasteiger partial charge < -0.3 is 15.8 Å². The van der Waals surface area contributed by atoms with E-state index in [2.05, 4.69) is 37.4 Å². The molecule has 4 heteroatoms. The van der Waals surface area contributed by atoms with Crippen LogP contribution in [0.3, 0.4) is 0 Å². The molecule has 4 nitrogen and oxygen atoms in total. The Labute approximate surface area is 166 Å². The van der Waals surface area contributed by atoms with E-state index in [9.17, 15) is 0 Å². The Kier molecular flexibility index (Phi) is 9.85. The van der Waals surface area contributed by atoms with Gasteiger partial charge in [0.2, 0.25) is 0 Å². The second-order valence-corrected chi connectivity index (χ2v) is 7.62. The Morgan fingerprint density at radius 1 is 1.30 bits per heavy atom. The lowest BCUT2D eigenvalue weighted by molar-refractivity contribution is 0.124. The fraction of sp³-hybridized carbons (Fsp3) is 0.696. The number of hydrogen-bond donors (Lipinski definition) is 2. The molecule has 0 spiro atoms. The highest BCUT2D eigenvalue weighted by Crippen LogP contribution is 2.35. The van der Waals surface area contributed by atoms with Crippen molar-refractivity contribution in [3.63, 3.8) is 0 Å². The third-order valence-electron chi connectivity index (χ3n) is 5.64. The second-order valence-electron chi connectivity index (χ2n) is 7.62. The number of unbranched alkanes of at least 4 members (excludes halogenated alkanes) is 1. The Balaban J connectivity index is 1.60. The van der Waals surface area contributed by atoms with Crippen molar-refractivity contribution in [2.75, 3.05) is 25.6 Å². The minimum Gasteiger partial charge on any atom is -0.381 e. The zero-order chi connectivity index (χ0) is 19.5. The van der Waals surface area contributed by atoms with Gasteiger partial charge in [-0.1, -0.05) is 38.0 Å². The highest BCUT2D eigenvalue weighted by atomic mass is 16.5. The molecule has 1 aliphatic carbocycles. The van der Waals surface area contributed by atoms with Crippen molar-refractivity contribution >= 4 is 5.82 Å². The van der Waals surface area contributed by atoms with Crippen LogP contribution in [0.25, 0.3) is 0 Å². The molecule has 1 aromatic rings. The second kappa shape index (κ2) is 12.1. The maximum atomic E-state index is 6.42. The van der Waals surface area contributed by atoms with E-state index in [1.807, 2.05) is 7.05 Å². The number of aryl methyl sites for hydroxylation is 2. The quantitative estimate of drug-likeness (QED) is 0.382. The average Bonchev–Trinajstić information content (AvgIpc) is 2.65. The largest absolute Gasteiger partial charge is 0.381 e. The van der Waals surface area contributed by atoms with E-state index in [1.54, 1.807) is 0 Å². The van der Waals surface area contributed by atoms with E-state index in [4.69, 9.17) is 15.5 Å². The fourth-order valence-electron chi connectivity index (χ4n) is 3.76. The molecule has 0 saturated heterocycles. The first-order valence-corrected chi connectivity index (χ1v) is 10.9. The van der Waals surface area contributed by atoms with Gasteiger partial charge in [-0.3, -0.25) is 0 Å². The molecule has 27 heavy (non-hydrogen) atoms. The van der Waals surface area contributed by atoms with Crippen LogP contribution in [0, 0.1) is 5.92 Å². The van der Waals surface area contributed by atoms with Crippen molar-refractivity contribution < 1.29 is 4.74 Å². The summed E-state index contributed by atoms with van der Waals surface area (Å²) in [7, 11) is 1.94. The number of rotatable bonds is 13. The van der Waals surface area contributed by atoms with Crippen molar-refractivity contribution in [1.82, 2.24) is 4.98 Å². The van der Waals surface area contributed by atoms with Crippen LogP contribution < -0.4 is 11.1 Å². The Bertz CT molecular complexity index is 581. The molecular formula is C23H39N3O. The summed E-state index contributed by atoms with van der Waals surface area (Å²) in [5, 5.41) is 3.20. The standard InChI is InChI=1S/C23H39N3O/c1-4-9-21(19-10-8-11-19)22(24)15-17-27-16-7-6-12-20-14-13-18(5-2)23(25-3)26-20/h9,13-14,19,22H,4-8,10-12,15-17,24H2,1-3H3,(H,25,26)/b21-9-. The summed E-state index contributed by atoms with van der Waals surface area (Å²) in [4.78, 5) is 4.71. The van der Waals surface area contributed by atoms with Crippen LogP contribution in [0.1, 0.15) is 70.1 Å². The monoisotopic (exact) mass is 373 g/mol. The number of nitrogens with one attached hydrogen (secondary N) is 1. The summed E-state index contributed by atoms with van der Waals surface area (Å²) in [6, 6.07) is 4.52. The number of aromatic nitrogens is 1. The van der Waals surface area contributed by atoms with Crippen molar-refractivity contribution in [3.05, 3.63) is 35.0 Å². The van der Waals surface area contributed by atoms with Gasteiger partial charge in [0, 0.05) is 32.0 Å². The summed E-state index contributed by atoms with van der Waals surface area (Å²) in [5.41, 5.74) is 10.3. The van der Waals surface area contributed by atoms with Gasteiger partial charge in [0.05, 0.1) is 0 Å². The van der Waals surface area contributed by atoms with Gasteiger partial charge in [-0.15, -0.1) is 0 Å². The average molecular weight is 374 g/mol. The molecule has 0 aromatic carbocycles. The van der Waals surface area contributed by atoms with Crippen LogP contribution in [0.5, 0.6) is 0 Å². The molecule has 0 amide bonds. The van der Waals surface area contributed by atoms with Crippen LogP contribution in [-0.4, -0.2) is 31.3 Å².